The van der Waals surface area contributed by atoms with Crippen LogP contribution in [0.4, 0.5) is 5.69 Å². The molecule has 21 heavy (non-hydrogen) atoms. The van der Waals surface area contributed by atoms with Crippen LogP contribution in [0.1, 0.15) is 5.56 Å². The van der Waals surface area contributed by atoms with Crippen molar-refractivity contribution in [3.8, 4) is 0 Å². The number of methoxy groups -OCH3 is 1. The fourth-order valence-corrected chi connectivity index (χ4v) is 1.45. The van der Waals surface area contributed by atoms with Crippen LogP contribution in [-0.4, -0.2) is 29.7 Å². The monoisotopic (exact) mass is 291 g/mol. The molecule has 0 unspecified atom stereocenters. The van der Waals surface area contributed by atoms with Crippen LogP contribution in [0.3, 0.4) is 0 Å². The van der Waals surface area contributed by atoms with Crippen LogP contribution in [-0.2, 0) is 19.2 Å². The van der Waals surface area contributed by atoms with Crippen LogP contribution in [0.25, 0.3) is 0 Å². The summed E-state index contributed by atoms with van der Waals surface area (Å²) in [6.45, 7) is 0. The van der Waals surface area contributed by atoms with Crippen molar-refractivity contribution in [2.75, 3.05) is 7.11 Å². The number of amides is 1. The minimum absolute atomic E-state index is 0.0805. The molecule has 1 aromatic rings. The zero-order valence-corrected chi connectivity index (χ0v) is 10.7. The van der Waals surface area contributed by atoms with Crippen LogP contribution in [0.15, 0.2) is 41.3 Å². The summed E-state index contributed by atoms with van der Waals surface area (Å²) in [6, 6.07) is 5.36. The van der Waals surface area contributed by atoms with Crippen molar-refractivity contribution in [1.29, 1.82) is 0 Å². The molecular formula is C12H9N3O6. The van der Waals surface area contributed by atoms with Crippen LogP contribution in [0.2, 0.25) is 0 Å². The topological polar surface area (TPSA) is 120 Å². The van der Waals surface area contributed by atoms with Gasteiger partial charge in [0.2, 0.25) is 5.76 Å². The highest BCUT2D eigenvalue weighted by atomic mass is 16.6. The zero-order chi connectivity index (χ0) is 15.4. The van der Waals surface area contributed by atoms with Crippen LogP contribution in [0.5, 0.6) is 0 Å². The third-order valence-electron chi connectivity index (χ3n) is 2.49. The van der Waals surface area contributed by atoms with E-state index in [9.17, 15) is 19.7 Å². The minimum Gasteiger partial charge on any atom is -0.466 e. The average Bonchev–Trinajstić information content (AvgIpc) is 2.49. The fraction of sp³-hybridized carbons (Fsp3) is 0.0833. The quantitative estimate of drug-likeness (QED) is 0.374. The number of nitro benzene ring substituents is 1. The molecule has 0 spiro atoms. The molecule has 0 bridgehead atoms. The van der Waals surface area contributed by atoms with E-state index >= 15 is 0 Å². The highest BCUT2D eigenvalue weighted by Gasteiger charge is 2.22. The van der Waals surface area contributed by atoms with Gasteiger partial charge in [-0.05, 0) is 12.1 Å². The van der Waals surface area contributed by atoms with Gasteiger partial charge in [0.25, 0.3) is 11.6 Å². The Morgan fingerprint density at radius 3 is 2.62 bits per heavy atom. The molecule has 9 heteroatoms. The molecule has 1 aliphatic rings. The van der Waals surface area contributed by atoms with Crippen molar-refractivity contribution < 1.29 is 24.1 Å². The summed E-state index contributed by atoms with van der Waals surface area (Å²) >= 11 is 0. The number of hydrogen-bond donors (Lipinski definition) is 1. The van der Waals surface area contributed by atoms with Gasteiger partial charge in [-0.3, -0.25) is 14.9 Å². The number of non-ortho nitro benzene ring substituents is 1. The number of nitrogens with one attached hydrogen (secondary N) is 1. The van der Waals surface area contributed by atoms with Gasteiger partial charge in [-0.2, -0.15) is 0 Å². The molecule has 1 aromatic carbocycles. The van der Waals surface area contributed by atoms with E-state index in [0.29, 0.717) is 5.56 Å². The number of benzene rings is 1. The number of amidine groups is 1. The lowest BCUT2D eigenvalue weighted by Crippen LogP contribution is -2.36. The molecule has 0 atom stereocenters. The summed E-state index contributed by atoms with van der Waals surface area (Å²) in [7, 11) is 1.16. The second-order valence-electron chi connectivity index (χ2n) is 3.82. The normalized spacial score (nSPS) is 15.8. The number of carbonyl (C=O) groups is 2. The van der Waals surface area contributed by atoms with E-state index in [1.54, 1.807) is 0 Å². The molecule has 0 fully saturated rings. The van der Waals surface area contributed by atoms with Gasteiger partial charge in [0.15, 0.2) is 5.84 Å². The standard InChI is InChI=1S/C12H9N3O6/c1-20-10(16)6-9-12(17)13-11(14-21-9)7-2-4-8(5-3-7)15(18)19/h2-6H,1H3,(H,13,14,17)/b9-6+. The largest absolute Gasteiger partial charge is 0.466 e. The molecule has 0 aromatic heterocycles. The molecule has 0 aliphatic carbocycles. The molecule has 108 valence electrons. The second-order valence-corrected chi connectivity index (χ2v) is 3.82. The van der Waals surface area contributed by atoms with Gasteiger partial charge in [-0.15, -0.1) is 0 Å². The summed E-state index contributed by atoms with van der Waals surface area (Å²) in [6.07, 6.45) is 0.853. The van der Waals surface area contributed by atoms with E-state index in [1.165, 1.54) is 24.3 Å². The van der Waals surface area contributed by atoms with Crippen LogP contribution >= 0.6 is 0 Å². The molecule has 0 radical (unpaired) electrons. The summed E-state index contributed by atoms with van der Waals surface area (Å²) < 4.78 is 4.36. The zero-order valence-electron chi connectivity index (χ0n) is 10.7. The molecule has 0 saturated carbocycles. The third-order valence-corrected chi connectivity index (χ3v) is 2.49. The Balaban J connectivity index is 2.20. The van der Waals surface area contributed by atoms with Gasteiger partial charge in [0.1, 0.15) is 0 Å². The number of rotatable bonds is 3. The van der Waals surface area contributed by atoms with Gasteiger partial charge < -0.3 is 14.9 Å². The maximum atomic E-state index is 11.7. The highest BCUT2D eigenvalue weighted by molar-refractivity contribution is 6.14. The van der Waals surface area contributed by atoms with Gasteiger partial charge in [-0.1, -0.05) is 5.16 Å². The van der Waals surface area contributed by atoms with Gasteiger partial charge >= 0.3 is 5.97 Å². The third kappa shape index (κ3) is 3.21. The van der Waals surface area contributed by atoms with E-state index < -0.39 is 16.8 Å². The Labute approximate surface area is 118 Å². The van der Waals surface area contributed by atoms with Gasteiger partial charge in [-0.25, -0.2) is 4.79 Å². The Kier molecular flexibility index (Phi) is 3.93. The number of nitrogens with zero attached hydrogens (tertiary/aromatic N) is 2. The Bertz CT molecular complexity index is 662. The van der Waals surface area contributed by atoms with Crippen LogP contribution in [0, 0.1) is 10.1 Å². The first-order chi connectivity index (χ1) is 10.0. The maximum absolute atomic E-state index is 11.7. The van der Waals surface area contributed by atoms with E-state index in [4.69, 9.17) is 4.84 Å². The molecule has 1 aliphatic heterocycles. The number of hydrogen-bond acceptors (Lipinski definition) is 7. The number of oxime groups is 1. The predicted molar refractivity (Wildman–Crippen MR) is 69.0 cm³/mol. The molecule has 2 rings (SSSR count). The molecule has 0 saturated heterocycles. The summed E-state index contributed by atoms with van der Waals surface area (Å²) in [4.78, 5) is 37.5. The summed E-state index contributed by atoms with van der Waals surface area (Å²) in [5.74, 6) is -1.66. The smallest absolute Gasteiger partial charge is 0.334 e. The predicted octanol–water partition coefficient (Wildman–Crippen LogP) is 0.460. The average molecular weight is 291 g/mol. The Morgan fingerprint density at radius 1 is 1.43 bits per heavy atom. The number of ether oxygens (including phenoxy) is 1. The van der Waals surface area contributed by atoms with Crippen molar-refractivity contribution >= 4 is 23.4 Å². The number of esters is 1. The SMILES string of the molecule is COC(=O)/C=C1/ON=C(c2ccc([N+](=O)[O-])cc2)NC1=O. The summed E-state index contributed by atoms with van der Waals surface area (Å²) in [5, 5.41) is 16.6. The molecule has 1 N–H and O–H groups in total. The highest BCUT2D eigenvalue weighted by Crippen LogP contribution is 2.14. The van der Waals surface area contributed by atoms with E-state index in [0.717, 1.165) is 13.2 Å². The maximum Gasteiger partial charge on any atom is 0.334 e. The molecular weight excluding hydrogens is 282 g/mol. The first-order valence-corrected chi connectivity index (χ1v) is 5.62. The van der Waals surface area contributed by atoms with Crippen molar-refractivity contribution in [2.45, 2.75) is 0 Å². The van der Waals surface area contributed by atoms with E-state index in [-0.39, 0.29) is 17.3 Å². The number of carbonyl (C=O) groups excluding carboxylic acids is 2. The number of nitro groups is 1. The van der Waals surface area contributed by atoms with Crippen molar-refractivity contribution in [1.82, 2.24) is 5.32 Å². The van der Waals surface area contributed by atoms with Crippen molar-refractivity contribution in [3.63, 3.8) is 0 Å². The Hall–Kier alpha value is -3.23. The van der Waals surface area contributed by atoms with Crippen LogP contribution < -0.4 is 5.32 Å². The lowest BCUT2D eigenvalue weighted by atomic mass is 10.2. The second kappa shape index (κ2) is 5.82. The lowest BCUT2D eigenvalue weighted by Gasteiger charge is -2.14. The van der Waals surface area contributed by atoms with Gasteiger partial charge in [0, 0.05) is 17.7 Å². The van der Waals surface area contributed by atoms with Gasteiger partial charge in [0.05, 0.1) is 18.1 Å². The first kappa shape index (κ1) is 14.2. The fourth-order valence-electron chi connectivity index (χ4n) is 1.45. The first-order valence-electron chi connectivity index (χ1n) is 5.62. The van der Waals surface area contributed by atoms with E-state index in [1.807, 2.05) is 0 Å². The minimum atomic E-state index is -0.755. The van der Waals surface area contributed by atoms with Crippen molar-refractivity contribution in [2.24, 2.45) is 5.16 Å². The molecule has 1 amide bonds. The summed E-state index contributed by atoms with van der Waals surface area (Å²) in [5.41, 5.74) is 0.333. The van der Waals surface area contributed by atoms with E-state index in [2.05, 4.69) is 15.2 Å². The Morgan fingerprint density at radius 2 is 2.10 bits per heavy atom. The molecule has 1 heterocycles. The molecule has 9 nitrogen and oxygen atoms in total. The van der Waals surface area contributed by atoms with Crippen molar-refractivity contribution in [3.05, 3.63) is 51.8 Å². The lowest BCUT2D eigenvalue weighted by molar-refractivity contribution is -0.384.